The predicted octanol–water partition coefficient (Wildman–Crippen LogP) is 2.12. The van der Waals surface area contributed by atoms with Crippen molar-refractivity contribution in [2.45, 2.75) is 33.2 Å². The minimum absolute atomic E-state index is 0.0633. The van der Waals surface area contributed by atoms with Crippen LogP contribution in [0.3, 0.4) is 0 Å². The summed E-state index contributed by atoms with van der Waals surface area (Å²) in [6, 6.07) is 4.17. The van der Waals surface area contributed by atoms with Crippen LogP contribution < -0.4 is 5.32 Å². The van der Waals surface area contributed by atoms with Crippen LogP contribution in [0.4, 0.5) is 0 Å². The van der Waals surface area contributed by atoms with Crippen LogP contribution >= 0.6 is 11.3 Å². The van der Waals surface area contributed by atoms with Gasteiger partial charge >= 0.3 is 0 Å². The van der Waals surface area contributed by atoms with E-state index in [9.17, 15) is 9.59 Å². The summed E-state index contributed by atoms with van der Waals surface area (Å²) in [5.74, 6) is 0.539. The summed E-state index contributed by atoms with van der Waals surface area (Å²) in [7, 11) is 0. The molecule has 1 aromatic heterocycles. The molecule has 2 amide bonds. The van der Waals surface area contributed by atoms with Gasteiger partial charge in [-0.1, -0.05) is 19.9 Å². The van der Waals surface area contributed by atoms with Crippen molar-refractivity contribution in [3.8, 4) is 0 Å². The van der Waals surface area contributed by atoms with Gasteiger partial charge in [0.25, 0.3) is 0 Å². The lowest BCUT2D eigenvalue weighted by molar-refractivity contribution is -0.128. The molecule has 1 aliphatic heterocycles. The van der Waals surface area contributed by atoms with Crippen molar-refractivity contribution in [2.75, 3.05) is 32.7 Å². The Morgan fingerprint density at radius 1 is 1.26 bits per heavy atom. The highest BCUT2D eigenvalue weighted by Gasteiger charge is 2.22. The predicted molar refractivity (Wildman–Crippen MR) is 93.4 cm³/mol. The van der Waals surface area contributed by atoms with E-state index in [2.05, 4.69) is 30.1 Å². The zero-order valence-electron chi connectivity index (χ0n) is 14.2. The molecule has 0 radical (unpaired) electrons. The van der Waals surface area contributed by atoms with E-state index in [1.165, 1.54) is 4.88 Å². The molecule has 1 N–H and O–H groups in total. The van der Waals surface area contributed by atoms with Gasteiger partial charge in [0.2, 0.25) is 11.8 Å². The van der Waals surface area contributed by atoms with Crippen molar-refractivity contribution in [1.82, 2.24) is 15.1 Å². The standard InChI is InChI=1S/C17H27N3O2S/c1-13(2)17(15-6-4-11-23-15)18-16(22)12-19-7-5-8-20(10-9-19)14(3)21/h4,6,11,13,17H,5,7-10,12H2,1-3H3,(H,18,22). The molecule has 6 heteroatoms. The number of carbonyl (C=O) groups is 2. The molecule has 1 aromatic rings. The first-order valence-corrected chi connectivity index (χ1v) is 9.16. The van der Waals surface area contributed by atoms with E-state index in [4.69, 9.17) is 0 Å². The van der Waals surface area contributed by atoms with Gasteiger partial charge in [-0.15, -0.1) is 11.3 Å². The Morgan fingerprint density at radius 2 is 2.04 bits per heavy atom. The van der Waals surface area contributed by atoms with Gasteiger partial charge in [0.15, 0.2) is 0 Å². The number of amides is 2. The smallest absolute Gasteiger partial charge is 0.234 e. The fraction of sp³-hybridized carbons (Fsp3) is 0.647. The third-order valence-corrected chi connectivity index (χ3v) is 5.19. The van der Waals surface area contributed by atoms with Crippen molar-refractivity contribution in [3.63, 3.8) is 0 Å². The average Bonchev–Trinajstić information content (AvgIpc) is 2.91. The molecule has 1 atom stereocenters. The Hall–Kier alpha value is -1.40. The summed E-state index contributed by atoms with van der Waals surface area (Å²) in [5, 5.41) is 5.21. The molecule has 0 aromatic carbocycles. The maximum atomic E-state index is 12.4. The van der Waals surface area contributed by atoms with Crippen molar-refractivity contribution >= 4 is 23.2 Å². The molecule has 0 saturated carbocycles. The SMILES string of the molecule is CC(=O)N1CCCN(CC(=O)NC(c2cccs2)C(C)C)CC1. The minimum Gasteiger partial charge on any atom is -0.347 e. The third kappa shape index (κ3) is 5.32. The van der Waals surface area contributed by atoms with Crippen LogP contribution in [0, 0.1) is 5.92 Å². The van der Waals surface area contributed by atoms with Gasteiger partial charge in [0.05, 0.1) is 12.6 Å². The summed E-state index contributed by atoms with van der Waals surface area (Å²) in [6.07, 6.45) is 0.922. The van der Waals surface area contributed by atoms with Crippen LogP contribution in [0.2, 0.25) is 0 Å². The molecular formula is C17H27N3O2S. The van der Waals surface area contributed by atoms with E-state index in [0.717, 1.165) is 26.1 Å². The van der Waals surface area contributed by atoms with E-state index in [0.29, 0.717) is 19.0 Å². The van der Waals surface area contributed by atoms with Crippen LogP contribution in [-0.2, 0) is 9.59 Å². The topological polar surface area (TPSA) is 52.7 Å². The van der Waals surface area contributed by atoms with Crippen LogP contribution in [0.25, 0.3) is 0 Å². The zero-order valence-corrected chi connectivity index (χ0v) is 15.1. The molecule has 0 spiro atoms. The first kappa shape index (κ1) is 17.9. The molecule has 128 valence electrons. The Labute approximate surface area is 142 Å². The van der Waals surface area contributed by atoms with Gasteiger partial charge in [-0.05, 0) is 23.8 Å². The largest absolute Gasteiger partial charge is 0.347 e. The Morgan fingerprint density at radius 3 is 2.65 bits per heavy atom. The molecule has 1 aliphatic rings. The molecule has 2 heterocycles. The third-order valence-electron chi connectivity index (χ3n) is 4.23. The van der Waals surface area contributed by atoms with Crippen LogP contribution in [-0.4, -0.2) is 54.3 Å². The zero-order chi connectivity index (χ0) is 16.8. The Bertz CT molecular complexity index is 516. The highest BCUT2D eigenvalue weighted by atomic mass is 32.1. The number of nitrogens with one attached hydrogen (secondary N) is 1. The number of nitrogens with zero attached hydrogens (tertiary/aromatic N) is 2. The van der Waals surface area contributed by atoms with Gasteiger partial charge in [0, 0.05) is 38.0 Å². The van der Waals surface area contributed by atoms with Crippen molar-refractivity contribution in [3.05, 3.63) is 22.4 Å². The van der Waals surface area contributed by atoms with Gasteiger partial charge in [-0.2, -0.15) is 0 Å². The van der Waals surface area contributed by atoms with Crippen LogP contribution in [0.1, 0.15) is 38.1 Å². The second kappa shape index (κ2) is 8.45. The molecule has 1 saturated heterocycles. The van der Waals surface area contributed by atoms with E-state index >= 15 is 0 Å². The molecular weight excluding hydrogens is 310 g/mol. The van der Waals surface area contributed by atoms with E-state index in [1.54, 1.807) is 18.3 Å². The first-order valence-electron chi connectivity index (χ1n) is 8.28. The van der Waals surface area contributed by atoms with Gasteiger partial charge in [0.1, 0.15) is 0 Å². The van der Waals surface area contributed by atoms with Gasteiger partial charge < -0.3 is 10.2 Å². The van der Waals surface area contributed by atoms with Crippen molar-refractivity contribution in [1.29, 1.82) is 0 Å². The van der Waals surface area contributed by atoms with Gasteiger partial charge in [-0.25, -0.2) is 0 Å². The molecule has 1 unspecified atom stereocenters. The maximum absolute atomic E-state index is 12.4. The lowest BCUT2D eigenvalue weighted by Gasteiger charge is -2.24. The van der Waals surface area contributed by atoms with E-state index < -0.39 is 0 Å². The fourth-order valence-electron chi connectivity index (χ4n) is 2.90. The highest BCUT2D eigenvalue weighted by molar-refractivity contribution is 7.10. The van der Waals surface area contributed by atoms with Gasteiger partial charge in [-0.3, -0.25) is 14.5 Å². The molecule has 1 fully saturated rings. The Kier molecular flexibility index (Phi) is 6.59. The molecule has 2 rings (SSSR count). The number of thiophene rings is 1. The van der Waals surface area contributed by atoms with E-state index in [-0.39, 0.29) is 17.9 Å². The lowest BCUT2D eigenvalue weighted by atomic mass is 10.0. The van der Waals surface area contributed by atoms with E-state index in [1.807, 2.05) is 16.3 Å². The number of hydrogen-bond donors (Lipinski definition) is 1. The average molecular weight is 337 g/mol. The summed E-state index contributed by atoms with van der Waals surface area (Å²) >= 11 is 1.68. The monoisotopic (exact) mass is 337 g/mol. The summed E-state index contributed by atoms with van der Waals surface area (Å²) in [6.45, 7) is 9.39. The number of hydrogen-bond acceptors (Lipinski definition) is 4. The highest BCUT2D eigenvalue weighted by Crippen LogP contribution is 2.25. The quantitative estimate of drug-likeness (QED) is 0.895. The minimum atomic E-state index is 0.0633. The second-order valence-corrected chi connectivity index (χ2v) is 7.42. The van der Waals surface area contributed by atoms with Crippen molar-refractivity contribution < 1.29 is 9.59 Å². The van der Waals surface area contributed by atoms with Crippen LogP contribution in [0.15, 0.2) is 17.5 Å². The fourth-order valence-corrected chi connectivity index (χ4v) is 3.85. The second-order valence-electron chi connectivity index (χ2n) is 6.44. The number of rotatable bonds is 5. The normalized spacial score (nSPS) is 17.8. The van der Waals surface area contributed by atoms with Crippen molar-refractivity contribution in [2.24, 2.45) is 5.92 Å². The molecule has 0 aliphatic carbocycles. The lowest BCUT2D eigenvalue weighted by Crippen LogP contribution is -2.41. The maximum Gasteiger partial charge on any atom is 0.234 e. The molecule has 23 heavy (non-hydrogen) atoms. The first-order chi connectivity index (χ1) is 11.0. The molecule has 5 nitrogen and oxygen atoms in total. The Balaban J connectivity index is 1.87. The summed E-state index contributed by atoms with van der Waals surface area (Å²) < 4.78 is 0. The molecule has 0 bridgehead atoms. The number of carbonyl (C=O) groups excluding carboxylic acids is 2. The summed E-state index contributed by atoms with van der Waals surface area (Å²) in [4.78, 5) is 29.1. The van der Waals surface area contributed by atoms with Crippen LogP contribution in [0.5, 0.6) is 0 Å². The summed E-state index contributed by atoms with van der Waals surface area (Å²) in [5.41, 5.74) is 0.